The Hall–Kier alpha value is -1.13. The van der Waals surface area contributed by atoms with Crippen molar-refractivity contribution in [2.45, 2.75) is 32.7 Å². The fraction of sp³-hybridized carbons (Fsp3) is 0.688. The zero-order valence-corrected chi connectivity index (χ0v) is 12.9. The highest BCUT2D eigenvalue weighted by Crippen LogP contribution is 2.23. The minimum atomic E-state index is 0.372. The molecule has 1 aromatic heterocycles. The first-order valence-corrected chi connectivity index (χ1v) is 7.67. The number of rotatable bonds is 7. The summed E-state index contributed by atoms with van der Waals surface area (Å²) in [5.41, 5.74) is 1.26. The highest BCUT2D eigenvalue weighted by Gasteiger charge is 2.23. The molecule has 2 heterocycles. The molecule has 2 atom stereocenters. The second kappa shape index (κ2) is 7.60. The van der Waals surface area contributed by atoms with Crippen molar-refractivity contribution in [3.63, 3.8) is 0 Å². The maximum atomic E-state index is 5.24. The third-order valence-electron chi connectivity index (χ3n) is 3.98. The van der Waals surface area contributed by atoms with E-state index in [1.807, 2.05) is 6.20 Å². The van der Waals surface area contributed by atoms with Crippen molar-refractivity contribution in [2.75, 3.05) is 38.3 Å². The average Bonchev–Trinajstić information content (AvgIpc) is 2.94. The van der Waals surface area contributed by atoms with Gasteiger partial charge in [-0.05, 0) is 37.9 Å². The topological polar surface area (TPSA) is 37.4 Å². The minimum Gasteiger partial charge on any atom is -0.384 e. The molecule has 2 unspecified atom stereocenters. The smallest absolute Gasteiger partial charge is 0.128 e. The van der Waals surface area contributed by atoms with Crippen LogP contribution in [-0.2, 0) is 4.74 Å². The van der Waals surface area contributed by atoms with Gasteiger partial charge in [0.05, 0.1) is 6.61 Å². The minimum absolute atomic E-state index is 0.372. The normalized spacial score (nSPS) is 20.4. The SMILES string of the molecule is CCCNC(C)c1ccc(N2CCC(COC)C2)nc1. The summed E-state index contributed by atoms with van der Waals surface area (Å²) in [6.45, 7) is 8.43. The Morgan fingerprint density at radius 2 is 2.35 bits per heavy atom. The van der Waals surface area contributed by atoms with E-state index < -0.39 is 0 Å². The van der Waals surface area contributed by atoms with Gasteiger partial charge in [0.25, 0.3) is 0 Å². The van der Waals surface area contributed by atoms with E-state index in [4.69, 9.17) is 4.74 Å². The summed E-state index contributed by atoms with van der Waals surface area (Å²) >= 11 is 0. The summed E-state index contributed by atoms with van der Waals surface area (Å²) < 4.78 is 5.24. The molecule has 0 saturated carbocycles. The molecule has 0 radical (unpaired) electrons. The van der Waals surface area contributed by atoms with Gasteiger partial charge in [0, 0.05) is 38.4 Å². The van der Waals surface area contributed by atoms with Gasteiger partial charge in [-0.1, -0.05) is 13.0 Å². The number of nitrogens with zero attached hydrogens (tertiary/aromatic N) is 2. The molecule has 4 nitrogen and oxygen atoms in total. The molecule has 0 amide bonds. The van der Waals surface area contributed by atoms with Gasteiger partial charge in [-0.25, -0.2) is 4.98 Å². The summed E-state index contributed by atoms with van der Waals surface area (Å²) in [5.74, 6) is 1.74. The van der Waals surface area contributed by atoms with Crippen LogP contribution in [0.1, 0.15) is 38.3 Å². The summed E-state index contributed by atoms with van der Waals surface area (Å²) in [6, 6.07) is 4.71. The Morgan fingerprint density at radius 1 is 1.50 bits per heavy atom. The van der Waals surface area contributed by atoms with Gasteiger partial charge in [-0.15, -0.1) is 0 Å². The van der Waals surface area contributed by atoms with Crippen LogP contribution in [0.15, 0.2) is 18.3 Å². The second-order valence-corrected chi connectivity index (χ2v) is 5.68. The largest absolute Gasteiger partial charge is 0.384 e. The van der Waals surface area contributed by atoms with Gasteiger partial charge in [0.2, 0.25) is 0 Å². The predicted octanol–water partition coefficient (Wildman–Crippen LogP) is 2.61. The Kier molecular flexibility index (Phi) is 5.80. The third-order valence-corrected chi connectivity index (χ3v) is 3.98. The van der Waals surface area contributed by atoms with Crippen molar-refractivity contribution >= 4 is 5.82 Å². The summed E-state index contributed by atoms with van der Waals surface area (Å²) in [5, 5.41) is 3.49. The van der Waals surface area contributed by atoms with E-state index in [1.54, 1.807) is 7.11 Å². The lowest BCUT2D eigenvalue weighted by Crippen LogP contribution is -2.23. The first-order chi connectivity index (χ1) is 9.74. The average molecular weight is 277 g/mol. The van der Waals surface area contributed by atoms with E-state index in [1.165, 1.54) is 12.0 Å². The van der Waals surface area contributed by atoms with E-state index >= 15 is 0 Å². The standard InChI is InChI=1S/C16H27N3O/c1-4-8-17-13(2)15-5-6-16(18-10-15)19-9-7-14(11-19)12-20-3/h5-6,10,13-14,17H,4,7-9,11-12H2,1-3H3. The quantitative estimate of drug-likeness (QED) is 0.831. The first-order valence-electron chi connectivity index (χ1n) is 7.67. The van der Waals surface area contributed by atoms with Crippen molar-refractivity contribution < 1.29 is 4.74 Å². The van der Waals surface area contributed by atoms with Gasteiger partial charge >= 0.3 is 0 Å². The lowest BCUT2D eigenvalue weighted by Gasteiger charge is -2.19. The predicted molar refractivity (Wildman–Crippen MR) is 83.1 cm³/mol. The molecule has 2 rings (SSSR count). The molecule has 0 spiro atoms. The molecule has 1 aromatic rings. The number of hydrogen-bond acceptors (Lipinski definition) is 4. The van der Waals surface area contributed by atoms with Crippen LogP contribution in [0.3, 0.4) is 0 Å². The maximum Gasteiger partial charge on any atom is 0.128 e. The van der Waals surface area contributed by atoms with Gasteiger partial charge in [0.15, 0.2) is 0 Å². The molecule has 20 heavy (non-hydrogen) atoms. The molecule has 0 aliphatic carbocycles. The van der Waals surface area contributed by atoms with E-state index in [9.17, 15) is 0 Å². The van der Waals surface area contributed by atoms with Crippen LogP contribution in [0.25, 0.3) is 0 Å². The lowest BCUT2D eigenvalue weighted by atomic mass is 10.1. The van der Waals surface area contributed by atoms with Crippen molar-refractivity contribution in [2.24, 2.45) is 5.92 Å². The number of methoxy groups -OCH3 is 1. The molecular formula is C16H27N3O. The van der Waals surface area contributed by atoms with Crippen molar-refractivity contribution in [3.8, 4) is 0 Å². The molecule has 112 valence electrons. The van der Waals surface area contributed by atoms with E-state index in [0.717, 1.165) is 38.5 Å². The Balaban J connectivity index is 1.91. The van der Waals surface area contributed by atoms with E-state index in [2.05, 4.69) is 41.2 Å². The number of hydrogen-bond donors (Lipinski definition) is 1. The van der Waals surface area contributed by atoms with Crippen LogP contribution in [0.5, 0.6) is 0 Å². The Labute approximate surface area is 122 Å². The molecule has 1 aliphatic heterocycles. The first kappa shape index (κ1) is 15.3. The third kappa shape index (κ3) is 3.93. The fourth-order valence-electron chi connectivity index (χ4n) is 2.73. The summed E-state index contributed by atoms with van der Waals surface area (Å²) in [4.78, 5) is 6.99. The van der Waals surface area contributed by atoms with E-state index in [0.29, 0.717) is 12.0 Å². The molecule has 1 fully saturated rings. The lowest BCUT2D eigenvalue weighted by molar-refractivity contribution is 0.161. The second-order valence-electron chi connectivity index (χ2n) is 5.68. The molecule has 0 aromatic carbocycles. The number of ether oxygens (including phenoxy) is 1. The number of aromatic nitrogens is 1. The van der Waals surface area contributed by atoms with Crippen molar-refractivity contribution in [1.82, 2.24) is 10.3 Å². The van der Waals surface area contributed by atoms with Gasteiger partial charge in [-0.2, -0.15) is 0 Å². The van der Waals surface area contributed by atoms with Crippen molar-refractivity contribution in [3.05, 3.63) is 23.9 Å². The highest BCUT2D eigenvalue weighted by atomic mass is 16.5. The molecular weight excluding hydrogens is 250 g/mol. The molecule has 0 bridgehead atoms. The Bertz CT molecular complexity index is 393. The zero-order valence-electron chi connectivity index (χ0n) is 12.9. The highest BCUT2D eigenvalue weighted by molar-refractivity contribution is 5.41. The van der Waals surface area contributed by atoms with Gasteiger partial charge in [0.1, 0.15) is 5.82 Å². The van der Waals surface area contributed by atoms with Crippen LogP contribution in [0, 0.1) is 5.92 Å². The fourth-order valence-corrected chi connectivity index (χ4v) is 2.73. The van der Waals surface area contributed by atoms with Crippen LogP contribution >= 0.6 is 0 Å². The molecule has 1 N–H and O–H groups in total. The van der Waals surface area contributed by atoms with Gasteiger partial charge < -0.3 is 15.0 Å². The maximum absolute atomic E-state index is 5.24. The van der Waals surface area contributed by atoms with Crippen LogP contribution < -0.4 is 10.2 Å². The summed E-state index contributed by atoms with van der Waals surface area (Å²) in [7, 11) is 1.78. The van der Waals surface area contributed by atoms with Gasteiger partial charge in [-0.3, -0.25) is 0 Å². The molecule has 1 saturated heterocycles. The Morgan fingerprint density at radius 3 is 3.00 bits per heavy atom. The monoisotopic (exact) mass is 277 g/mol. The van der Waals surface area contributed by atoms with Crippen LogP contribution in [0.2, 0.25) is 0 Å². The number of anilines is 1. The molecule has 4 heteroatoms. The number of pyridine rings is 1. The van der Waals surface area contributed by atoms with Crippen molar-refractivity contribution in [1.29, 1.82) is 0 Å². The van der Waals surface area contributed by atoms with Crippen LogP contribution in [0.4, 0.5) is 5.82 Å². The zero-order chi connectivity index (χ0) is 14.4. The number of nitrogens with one attached hydrogen (secondary N) is 1. The van der Waals surface area contributed by atoms with Crippen LogP contribution in [-0.4, -0.2) is 38.3 Å². The summed E-state index contributed by atoms with van der Waals surface area (Å²) in [6.07, 6.45) is 4.36. The van der Waals surface area contributed by atoms with E-state index in [-0.39, 0.29) is 0 Å². The molecule has 1 aliphatic rings.